The molecule has 1 aromatic carbocycles. The first-order chi connectivity index (χ1) is 8.91. The van der Waals surface area contributed by atoms with E-state index in [2.05, 4.69) is 10.3 Å². The number of hydrogen-bond acceptors (Lipinski definition) is 5. The van der Waals surface area contributed by atoms with Gasteiger partial charge in [-0.1, -0.05) is 25.1 Å². The van der Waals surface area contributed by atoms with E-state index in [9.17, 15) is 10.1 Å². The Kier molecular flexibility index (Phi) is 3.20. The summed E-state index contributed by atoms with van der Waals surface area (Å²) in [5.41, 5.74) is 7.73. The Balaban J connectivity index is 2.71. The summed E-state index contributed by atoms with van der Waals surface area (Å²) in [6.45, 7) is 5.74. The summed E-state index contributed by atoms with van der Waals surface area (Å²) in [5.74, 6) is 0.362. The van der Waals surface area contributed by atoms with Gasteiger partial charge in [0.2, 0.25) is 0 Å². The smallest absolute Gasteiger partial charge is 0.294 e. The molecule has 0 saturated carbocycles. The highest BCUT2D eigenvalue weighted by molar-refractivity contribution is 5.56. The number of nitrogens with two attached hydrogens (primary N) is 1. The van der Waals surface area contributed by atoms with E-state index < -0.39 is 4.92 Å². The normalized spacial score (nSPS) is 10.9. The SMILES string of the molecule is Cc1ccc([N+](=O)[O-])c(-n2nnc(N)c2C(C)C)c1. The average molecular weight is 261 g/mol. The lowest BCUT2D eigenvalue weighted by Gasteiger charge is -2.10. The number of hydrogen-bond donors (Lipinski definition) is 1. The molecule has 1 heterocycles. The summed E-state index contributed by atoms with van der Waals surface area (Å²) in [6.07, 6.45) is 0. The Bertz CT molecular complexity index is 633. The topological polar surface area (TPSA) is 99.9 Å². The third-order valence-corrected chi connectivity index (χ3v) is 2.84. The van der Waals surface area contributed by atoms with Crippen molar-refractivity contribution < 1.29 is 4.92 Å². The van der Waals surface area contributed by atoms with Gasteiger partial charge in [-0.15, -0.1) is 5.10 Å². The third-order valence-electron chi connectivity index (χ3n) is 2.84. The number of nitro benzene ring substituents is 1. The lowest BCUT2D eigenvalue weighted by molar-refractivity contribution is -0.384. The van der Waals surface area contributed by atoms with Crippen LogP contribution in [0.5, 0.6) is 0 Å². The largest absolute Gasteiger partial charge is 0.381 e. The molecule has 1 aromatic heterocycles. The van der Waals surface area contributed by atoms with E-state index in [1.165, 1.54) is 10.7 Å². The number of rotatable bonds is 3. The van der Waals surface area contributed by atoms with Gasteiger partial charge in [-0.2, -0.15) is 0 Å². The van der Waals surface area contributed by atoms with E-state index in [0.717, 1.165) is 5.56 Å². The number of nitro groups is 1. The monoisotopic (exact) mass is 261 g/mol. The molecule has 0 amide bonds. The second-order valence-corrected chi connectivity index (χ2v) is 4.68. The molecule has 0 unspecified atom stereocenters. The fourth-order valence-electron chi connectivity index (χ4n) is 1.98. The Morgan fingerprint density at radius 1 is 1.42 bits per heavy atom. The van der Waals surface area contributed by atoms with E-state index in [1.54, 1.807) is 12.1 Å². The van der Waals surface area contributed by atoms with Crippen LogP contribution in [0.1, 0.15) is 31.0 Å². The van der Waals surface area contributed by atoms with E-state index in [-0.39, 0.29) is 11.6 Å². The molecular formula is C12H15N5O2. The van der Waals surface area contributed by atoms with Gasteiger partial charge >= 0.3 is 0 Å². The molecule has 2 rings (SSSR count). The molecule has 0 radical (unpaired) electrons. The summed E-state index contributed by atoms with van der Waals surface area (Å²) < 4.78 is 1.45. The maximum absolute atomic E-state index is 11.1. The van der Waals surface area contributed by atoms with Crippen LogP contribution >= 0.6 is 0 Å². The molecule has 0 bridgehead atoms. The lowest BCUT2D eigenvalue weighted by Crippen LogP contribution is -2.08. The van der Waals surface area contributed by atoms with Gasteiger partial charge in [0.25, 0.3) is 5.69 Å². The first kappa shape index (κ1) is 13.0. The van der Waals surface area contributed by atoms with Crippen molar-refractivity contribution in [3.63, 3.8) is 0 Å². The van der Waals surface area contributed by atoms with Gasteiger partial charge in [0.05, 0.1) is 10.6 Å². The van der Waals surface area contributed by atoms with Crippen LogP contribution in [0.3, 0.4) is 0 Å². The maximum Gasteiger partial charge on any atom is 0.294 e. The molecule has 0 aliphatic carbocycles. The minimum atomic E-state index is -0.434. The van der Waals surface area contributed by atoms with E-state index in [0.29, 0.717) is 17.2 Å². The quantitative estimate of drug-likeness (QED) is 0.674. The first-order valence-corrected chi connectivity index (χ1v) is 5.88. The highest BCUT2D eigenvalue weighted by Gasteiger charge is 2.22. The van der Waals surface area contributed by atoms with Crippen LogP contribution in [0.2, 0.25) is 0 Å². The summed E-state index contributed by atoms with van der Waals surface area (Å²) in [5, 5.41) is 18.8. The molecule has 0 saturated heterocycles. The number of aromatic nitrogens is 3. The molecule has 0 fully saturated rings. The van der Waals surface area contributed by atoms with Crippen molar-refractivity contribution >= 4 is 11.5 Å². The van der Waals surface area contributed by atoms with Gasteiger partial charge in [0.15, 0.2) is 5.82 Å². The van der Waals surface area contributed by atoms with Crippen LogP contribution in [-0.4, -0.2) is 19.9 Å². The van der Waals surface area contributed by atoms with Gasteiger partial charge in [-0.25, -0.2) is 4.68 Å². The Morgan fingerprint density at radius 3 is 2.68 bits per heavy atom. The zero-order valence-corrected chi connectivity index (χ0v) is 11.0. The summed E-state index contributed by atoms with van der Waals surface area (Å²) >= 11 is 0. The second-order valence-electron chi connectivity index (χ2n) is 4.68. The number of nitrogens with zero attached hydrogens (tertiary/aromatic N) is 4. The second kappa shape index (κ2) is 4.68. The van der Waals surface area contributed by atoms with Gasteiger partial charge < -0.3 is 5.73 Å². The van der Waals surface area contributed by atoms with Crippen LogP contribution in [0.25, 0.3) is 5.69 Å². The number of aryl methyl sites for hydroxylation is 1. The molecular weight excluding hydrogens is 246 g/mol. The molecule has 0 atom stereocenters. The van der Waals surface area contributed by atoms with Crippen molar-refractivity contribution in [1.29, 1.82) is 0 Å². The fraction of sp³-hybridized carbons (Fsp3) is 0.333. The van der Waals surface area contributed by atoms with Crippen LogP contribution in [0.15, 0.2) is 18.2 Å². The highest BCUT2D eigenvalue weighted by atomic mass is 16.6. The van der Waals surface area contributed by atoms with Crippen molar-refractivity contribution in [2.45, 2.75) is 26.7 Å². The predicted octanol–water partition coefficient (Wildman–Crippen LogP) is 2.19. The van der Waals surface area contributed by atoms with E-state index in [4.69, 9.17) is 5.73 Å². The highest BCUT2D eigenvalue weighted by Crippen LogP contribution is 2.28. The van der Waals surface area contributed by atoms with Gasteiger partial charge in [-0.05, 0) is 24.5 Å². The Hall–Kier alpha value is -2.44. The van der Waals surface area contributed by atoms with Crippen molar-refractivity contribution in [2.24, 2.45) is 0 Å². The molecule has 100 valence electrons. The number of anilines is 1. The third kappa shape index (κ3) is 2.26. The Morgan fingerprint density at radius 2 is 2.11 bits per heavy atom. The minimum absolute atomic E-state index is 0.0163. The zero-order chi connectivity index (χ0) is 14.2. The predicted molar refractivity (Wildman–Crippen MR) is 71.3 cm³/mol. The molecule has 7 nitrogen and oxygen atoms in total. The summed E-state index contributed by atoms with van der Waals surface area (Å²) in [4.78, 5) is 10.7. The fourth-order valence-corrected chi connectivity index (χ4v) is 1.98. The van der Waals surface area contributed by atoms with Crippen LogP contribution < -0.4 is 5.73 Å². The molecule has 2 aromatic rings. The van der Waals surface area contributed by atoms with Crippen LogP contribution in [0.4, 0.5) is 11.5 Å². The van der Waals surface area contributed by atoms with Crippen molar-refractivity contribution in [2.75, 3.05) is 5.73 Å². The molecule has 7 heteroatoms. The minimum Gasteiger partial charge on any atom is -0.381 e. The molecule has 0 aliphatic heterocycles. The number of benzene rings is 1. The number of nitrogen functional groups attached to an aromatic ring is 1. The standard InChI is InChI=1S/C12H15N5O2/c1-7(2)11-12(13)14-15-16(11)10-6-8(3)4-5-9(10)17(18)19/h4-7H,13H2,1-3H3. The molecule has 0 spiro atoms. The first-order valence-electron chi connectivity index (χ1n) is 5.88. The van der Waals surface area contributed by atoms with E-state index in [1.807, 2.05) is 20.8 Å². The molecule has 19 heavy (non-hydrogen) atoms. The van der Waals surface area contributed by atoms with Crippen LogP contribution in [0, 0.1) is 17.0 Å². The molecule has 2 N–H and O–H groups in total. The van der Waals surface area contributed by atoms with Gasteiger partial charge in [-0.3, -0.25) is 10.1 Å². The summed E-state index contributed by atoms with van der Waals surface area (Å²) in [7, 11) is 0. The maximum atomic E-state index is 11.1. The van der Waals surface area contributed by atoms with Crippen molar-refractivity contribution in [3.8, 4) is 5.69 Å². The average Bonchev–Trinajstić information content (AvgIpc) is 2.70. The van der Waals surface area contributed by atoms with Crippen molar-refractivity contribution in [1.82, 2.24) is 15.0 Å². The van der Waals surface area contributed by atoms with E-state index >= 15 is 0 Å². The summed E-state index contributed by atoms with van der Waals surface area (Å²) in [6, 6.07) is 4.86. The lowest BCUT2D eigenvalue weighted by atomic mass is 10.1. The molecule has 0 aliphatic rings. The van der Waals surface area contributed by atoms with Gasteiger partial charge in [0.1, 0.15) is 5.69 Å². The van der Waals surface area contributed by atoms with Crippen molar-refractivity contribution in [3.05, 3.63) is 39.6 Å². The zero-order valence-electron chi connectivity index (χ0n) is 11.0. The van der Waals surface area contributed by atoms with Crippen LogP contribution in [-0.2, 0) is 0 Å². The van der Waals surface area contributed by atoms with Gasteiger partial charge in [0, 0.05) is 6.07 Å². The Labute approximate surface area is 110 Å².